The van der Waals surface area contributed by atoms with Crippen molar-refractivity contribution in [2.45, 2.75) is 25.3 Å². The number of carbonyl (C=O) groups excluding carboxylic acids is 1. The highest BCUT2D eigenvalue weighted by atomic mass is 16.3. The fourth-order valence-electron chi connectivity index (χ4n) is 4.17. The minimum Gasteiger partial charge on any atom is -0.512 e. The van der Waals surface area contributed by atoms with Crippen molar-refractivity contribution in [3.05, 3.63) is 64.5 Å². The lowest BCUT2D eigenvalue weighted by molar-refractivity contribution is 0.0952. The van der Waals surface area contributed by atoms with E-state index in [1.165, 1.54) is 0 Å². The zero-order chi connectivity index (χ0) is 18.5. The normalized spacial score (nSPS) is 19.0. The van der Waals surface area contributed by atoms with Gasteiger partial charge in [0.25, 0.3) is 5.91 Å². The van der Waals surface area contributed by atoms with E-state index < -0.39 is 0 Å². The summed E-state index contributed by atoms with van der Waals surface area (Å²) in [4.78, 5) is 12.5. The number of allylic oxidation sites excluding steroid dienone is 1. The summed E-state index contributed by atoms with van der Waals surface area (Å²) in [6, 6.07) is 11.5. The molecule has 6 nitrogen and oxygen atoms in total. The molecule has 2 aromatic carbocycles. The molecule has 0 saturated heterocycles. The first-order valence-electron chi connectivity index (χ1n) is 9.18. The number of nitrogens with two attached hydrogens (primary N) is 1. The number of aromatic nitrogens is 2. The molecule has 2 aliphatic rings. The minimum atomic E-state index is -0.165. The van der Waals surface area contributed by atoms with Crippen LogP contribution in [-0.4, -0.2) is 27.3 Å². The van der Waals surface area contributed by atoms with E-state index in [4.69, 9.17) is 10.8 Å². The number of benzene rings is 2. The fourth-order valence-corrected chi connectivity index (χ4v) is 4.17. The first-order valence-corrected chi connectivity index (χ1v) is 9.18. The molecule has 136 valence electrons. The van der Waals surface area contributed by atoms with Gasteiger partial charge in [-0.3, -0.25) is 9.48 Å². The SMILES string of the molecule is Nc1cccc(C2Cc3c(ccc4c5n(nc34)CCCNC5=O)C=C2O)c1. The quantitative estimate of drug-likeness (QED) is 0.582. The van der Waals surface area contributed by atoms with E-state index in [2.05, 4.69) is 5.32 Å². The Bertz CT molecular complexity index is 1110. The molecule has 1 unspecified atom stereocenters. The van der Waals surface area contributed by atoms with E-state index in [0.29, 0.717) is 30.1 Å². The van der Waals surface area contributed by atoms with Gasteiger partial charge in [-0.25, -0.2) is 0 Å². The summed E-state index contributed by atoms with van der Waals surface area (Å²) < 4.78 is 1.82. The molecule has 0 bridgehead atoms. The number of aryl methyl sites for hydroxylation is 1. The van der Waals surface area contributed by atoms with Gasteiger partial charge < -0.3 is 16.2 Å². The van der Waals surface area contributed by atoms with Gasteiger partial charge in [-0.05, 0) is 53.8 Å². The van der Waals surface area contributed by atoms with Crippen molar-refractivity contribution in [1.82, 2.24) is 15.1 Å². The van der Waals surface area contributed by atoms with Crippen LogP contribution < -0.4 is 11.1 Å². The Morgan fingerprint density at radius 3 is 3.00 bits per heavy atom. The first-order chi connectivity index (χ1) is 13.1. The second kappa shape index (κ2) is 5.87. The lowest BCUT2D eigenvalue weighted by atomic mass is 9.82. The van der Waals surface area contributed by atoms with Gasteiger partial charge in [0.2, 0.25) is 0 Å². The Kier molecular flexibility index (Phi) is 3.47. The lowest BCUT2D eigenvalue weighted by Gasteiger charge is -2.23. The number of nitrogens with one attached hydrogen (secondary N) is 1. The number of carbonyl (C=O) groups is 1. The molecule has 4 N–H and O–H groups in total. The second-order valence-electron chi connectivity index (χ2n) is 7.21. The Balaban J connectivity index is 1.67. The van der Waals surface area contributed by atoms with Crippen LogP contribution >= 0.6 is 0 Å². The lowest BCUT2D eigenvalue weighted by Crippen LogP contribution is -2.23. The average molecular weight is 360 g/mol. The number of aliphatic hydroxyl groups excluding tert-OH is 1. The third-order valence-corrected chi connectivity index (χ3v) is 5.48. The van der Waals surface area contributed by atoms with Crippen molar-refractivity contribution in [3.63, 3.8) is 0 Å². The molecular formula is C21H20N4O2. The summed E-state index contributed by atoms with van der Waals surface area (Å²) >= 11 is 0. The molecular weight excluding hydrogens is 340 g/mol. The number of nitrogen functional groups attached to an aromatic ring is 1. The Hall–Kier alpha value is -3.28. The number of hydrogen-bond donors (Lipinski definition) is 3. The highest BCUT2D eigenvalue weighted by molar-refractivity contribution is 6.06. The Labute approximate surface area is 156 Å². The predicted molar refractivity (Wildman–Crippen MR) is 105 cm³/mol. The van der Waals surface area contributed by atoms with Crippen molar-refractivity contribution >= 4 is 28.6 Å². The second-order valence-corrected chi connectivity index (χ2v) is 7.21. The van der Waals surface area contributed by atoms with E-state index in [1.54, 1.807) is 6.08 Å². The van der Waals surface area contributed by atoms with E-state index in [9.17, 15) is 9.90 Å². The number of hydrogen-bond acceptors (Lipinski definition) is 4. The summed E-state index contributed by atoms with van der Waals surface area (Å²) in [5.74, 6) is 0.0874. The Morgan fingerprint density at radius 2 is 2.15 bits per heavy atom. The molecule has 1 aliphatic carbocycles. The molecule has 0 saturated carbocycles. The van der Waals surface area contributed by atoms with Crippen molar-refractivity contribution in [2.75, 3.05) is 12.3 Å². The summed E-state index contributed by atoms with van der Waals surface area (Å²) in [5, 5.41) is 19.2. The zero-order valence-electron chi connectivity index (χ0n) is 14.8. The van der Waals surface area contributed by atoms with Gasteiger partial charge in [0, 0.05) is 30.1 Å². The fraction of sp³-hybridized carbons (Fsp3) is 0.238. The monoisotopic (exact) mass is 360 g/mol. The number of anilines is 1. The van der Waals surface area contributed by atoms with E-state index in [0.717, 1.165) is 40.6 Å². The number of aliphatic hydroxyl groups is 1. The van der Waals surface area contributed by atoms with Gasteiger partial charge >= 0.3 is 0 Å². The van der Waals surface area contributed by atoms with Gasteiger partial charge in [-0.2, -0.15) is 5.10 Å². The third kappa shape index (κ3) is 2.48. The van der Waals surface area contributed by atoms with Crippen LogP contribution in [0, 0.1) is 0 Å². The Morgan fingerprint density at radius 1 is 1.26 bits per heavy atom. The van der Waals surface area contributed by atoms with Crippen molar-refractivity contribution < 1.29 is 9.90 Å². The van der Waals surface area contributed by atoms with Crippen LogP contribution in [0.25, 0.3) is 17.0 Å². The maximum absolute atomic E-state index is 12.5. The third-order valence-electron chi connectivity index (χ3n) is 5.48. The topological polar surface area (TPSA) is 93.2 Å². The molecule has 27 heavy (non-hydrogen) atoms. The van der Waals surface area contributed by atoms with Crippen molar-refractivity contribution in [2.24, 2.45) is 0 Å². The maximum atomic E-state index is 12.5. The number of rotatable bonds is 1. The van der Waals surface area contributed by atoms with E-state index >= 15 is 0 Å². The van der Waals surface area contributed by atoms with Crippen LogP contribution in [0.1, 0.15) is 39.5 Å². The molecule has 0 radical (unpaired) electrons. The maximum Gasteiger partial charge on any atom is 0.270 e. The van der Waals surface area contributed by atoms with Crippen molar-refractivity contribution in [3.8, 4) is 0 Å². The van der Waals surface area contributed by atoms with Gasteiger partial charge in [-0.1, -0.05) is 18.2 Å². The van der Waals surface area contributed by atoms with Crippen LogP contribution in [0.15, 0.2) is 42.2 Å². The highest BCUT2D eigenvalue weighted by Gasteiger charge is 2.28. The van der Waals surface area contributed by atoms with Crippen molar-refractivity contribution in [1.29, 1.82) is 0 Å². The standard InChI is InChI=1S/C21H20N4O2/c22-14-4-1-3-12(9-14)16-11-17-13(10-18(16)26)5-6-15-19(17)24-25-8-2-7-23-21(27)20(15)25/h1,3-6,9-10,16,26H,2,7-8,11,22H2,(H,23,27). The molecule has 1 atom stereocenters. The van der Waals surface area contributed by atoms with Gasteiger partial charge in [0.15, 0.2) is 0 Å². The summed E-state index contributed by atoms with van der Waals surface area (Å²) in [7, 11) is 0. The smallest absolute Gasteiger partial charge is 0.270 e. The van der Waals surface area contributed by atoms with Gasteiger partial charge in [0.05, 0.1) is 5.52 Å². The molecule has 1 aromatic heterocycles. The molecule has 3 aromatic rings. The molecule has 1 amide bonds. The summed E-state index contributed by atoms with van der Waals surface area (Å²) in [5.41, 5.74) is 11.1. The van der Waals surface area contributed by atoms with Gasteiger partial charge in [-0.15, -0.1) is 0 Å². The molecule has 0 fully saturated rings. The molecule has 6 heteroatoms. The first kappa shape index (κ1) is 15.9. The van der Waals surface area contributed by atoms with E-state index in [-0.39, 0.29) is 11.8 Å². The summed E-state index contributed by atoms with van der Waals surface area (Å²) in [6.45, 7) is 1.39. The van der Waals surface area contributed by atoms with E-state index in [1.807, 2.05) is 41.1 Å². The summed E-state index contributed by atoms with van der Waals surface area (Å²) in [6.07, 6.45) is 3.29. The molecule has 0 spiro atoms. The molecule has 1 aliphatic heterocycles. The van der Waals surface area contributed by atoms with Crippen LogP contribution in [0.2, 0.25) is 0 Å². The average Bonchev–Trinajstić information content (AvgIpc) is 2.93. The number of nitrogens with zero attached hydrogens (tertiary/aromatic N) is 2. The molecule has 2 heterocycles. The number of fused-ring (bicyclic) bond motifs is 5. The van der Waals surface area contributed by atoms with Crippen LogP contribution in [0.4, 0.5) is 5.69 Å². The zero-order valence-corrected chi connectivity index (χ0v) is 14.8. The van der Waals surface area contributed by atoms with Crippen LogP contribution in [0.3, 0.4) is 0 Å². The van der Waals surface area contributed by atoms with Gasteiger partial charge in [0.1, 0.15) is 11.5 Å². The van der Waals surface area contributed by atoms with Crippen LogP contribution in [-0.2, 0) is 13.0 Å². The minimum absolute atomic E-state index is 0.0727. The highest BCUT2D eigenvalue weighted by Crippen LogP contribution is 2.38. The predicted octanol–water partition coefficient (Wildman–Crippen LogP) is 2.99. The largest absolute Gasteiger partial charge is 0.512 e. The number of amides is 1. The van der Waals surface area contributed by atoms with Crippen LogP contribution in [0.5, 0.6) is 0 Å². The molecule has 5 rings (SSSR count).